The van der Waals surface area contributed by atoms with Gasteiger partial charge in [-0.25, -0.2) is 4.68 Å². The fraction of sp³-hybridized carbons (Fsp3) is 0.360. The molecule has 6 heteroatoms. The van der Waals surface area contributed by atoms with Gasteiger partial charge in [0.2, 0.25) is 0 Å². The van der Waals surface area contributed by atoms with Gasteiger partial charge in [-0.15, -0.1) is 0 Å². The van der Waals surface area contributed by atoms with E-state index in [9.17, 15) is 4.79 Å². The smallest absolute Gasteiger partial charge is 0.272 e. The highest BCUT2D eigenvalue weighted by molar-refractivity contribution is 5.92. The summed E-state index contributed by atoms with van der Waals surface area (Å²) in [6.45, 7) is 6.69. The van der Waals surface area contributed by atoms with E-state index in [0.717, 1.165) is 24.2 Å². The van der Waals surface area contributed by atoms with Gasteiger partial charge in [0.15, 0.2) is 6.73 Å². The fourth-order valence-corrected chi connectivity index (χ4v) is 3.31. The van der Waals surface area contributed by atoms with Crippen LogP contribution >= 0.6 is 0 Å². The molecular weight excluding hydrogens is 390 g/mol. The number of nitrogens with zero attached hydrogens (tertiary/aromatic N) is 2. The number of hydrogen-bond donors (Lipinski definition) is 1. The largest absolute Gasteiger partial charge is 0.497 e. The van der Waals surface area contributed by atoms with Crippen LogP contribution in [0.5, 0.6) is 11.5 Å². The van der Waals surface area contributed by atoms with Crippen LogP contribution in [0.3, 0.4) is 0 Å². The summed E-state index contributed by atoms with van der Waals surface area (Å²) >= 11 is 0. The normalized spacial score (nSPS) is 12.8. The van der Waals surface area contributed by atoms with Gasteiger partial charge in [0, 0.05) is 6.20 Å². The van der Waals surface area contributed by atoms with Gasteiger partial charge in [-0.2, -0.15) is 5.10 Å². The Bertz CT molecular complexity index is 964. The Balaban J connectivity index is 1.58. The molecule has 2 aromatic carbocycles. The Morgan fingerprint density at radius 2 is 1.61 bits per heavy atom. The lowest BCUT2D eigenvalue weighted by molar-refractivity contribution is 0.0928. The zero-order valence-electron chi connectivity index (χ0n) is 18.7. The topological polar surface area (TPSA) is 65.4 Å². The number of hydrogen-bond acceptors (Lipinski definition) is 4. The summed E-state index contributed by atoms with van der Waals surface area (Å²) in [7, 11) is 1.62. The predicted molar refractivity (Wildman–Crippen MR) is 121 cm³/mol. The lowest BCUT2D eigenvalue weighted by Gasteiger charge is -2.18. The van der Waals surface area contributed by atoms with Crippen molar-refractivity contribution in [3.8, 4) is 11.5 Å². The summed E-state index contributed by atoms with van der Waals surface area (Å²) in [5.41, 5.74) is 2.79. The number of carbonyl (C=O) groups is 1. The van der Waals surface area contributed by atoms with Gasteiger partial charge in [0.1, 0.15) is 17.2 Å². The van der Waals surface area contributed by atoms with Crippen molar-refractivity contribution >= 4 is 5.91 Å². The van der Waals surface area contributed by atoms with Crippen molar-refractivity contribution in [1.29, 1.82) is 0 Å². The highest BCUT2D eigenvalue weighted by atomic mass is 16.5. The Kier molecular flexibility index (Phi) is 7.70. The molecule has 1 heterocycles. The van der Waals surface area contributed by atoms with Crippen LogP contribution in [0.15, 0.2) is 60.8 Å². The molecule has 0 aliphatic rings. The number of benzene rings is 2. The molecule has 164 valence electrons. The molecular formula is C25H31N3O3. The van der Waals surface area contributed by atoms with Crippen molar-refractivity contribution in [2.24, 2.45) is 0 Å². The summed E-state index contributed by atoms with van der Waals surface area (Å²) in [6, 6.07) is 17.5. The second kappa shape index (κ2) is 10.7. The zero-order chi connectivity index (χ0) is 22.2. The first-order valence-corrected chi connectivity index (χ1v) is 10.7. The molecule has 0 fully saturated rings. The monoisotopic (exact) mass is 421 g/mol. The molecule has 3 rings (SSSR count). The number of methoxy groups -OCH3 is 1. The second-order valence-corrected chi connectivity index (χ2v) is 7.60. The maximum atomic E-state index is 12.7. The first-order valence-electron chi connectivity index (χ1n) is 10.7. The van der Waals surface area contributed by atoms with Gasteiger partial charge < -0.3 is 14.8 Å². The number of carbonyl (C=O) groups excluding carboxylic acids is 1. The maximum absolute atomic E-state index is 12.7. The van der Waals surface area contributed by atoms with Gasteiger partial charge in [-0.3, -0.25) is 4.79 Å². The molecule has 31 heavy (non-hydrogen) atoms. The van der Waals surface area contributed by atoms with Crippen molar-refractivity contribution < 1.29 is 14.3 Å². The van der Waals surface area contributed by atoms with Crippen LogP contribution in [0.25, 0.3) is 0 Å². The second-order valence-electron chi connectivity index (χ2n) is 7.60. The third-order valence-electron chi connectivity index (χ3n) is 5.53. The molecule has 0 radical (unpaired) electrons. The Morgan fingerprint density at radius 3 is 2.23 bits per heavy atom. The van der Waals surface area contributed by atoms with Crippen LogP contribution < -0.4 is 14.8 Å². The van der Waals surface area contributed by atoms with Gasteiger partial charge in [-0.05, 0) is 60.2 Å². The third-order valence-corrected chi connectivity index (χ3v) is 5.53. The van der Waals surface area contributed by atoms with E-state index < -0.39 is 0 Å². The standard InChI is InChI=1S/C25H31N3O3/c1-5-18(3)19-7-9-20(10-8-19)23(6-2)26-25(29)24-15-16-28(27-24)17-31-22-13-11-21(30-4)12-14-22/h7-16,18,23H,5-6,17H2,1-4H3,(H,26,29). The van der Waals surface area contributed by atoms with E-state index in [1.54, 1.807) is 24.1 Å². The van der Waals surface area contributed by atoms with E-state index in [4.69, 9.17) is 9.47 Å². The predicted octanol–water partition coefficient (Wildman–Crippen LogP) is 5.32. The minimum atomic E-state index is -0.193. The highest BCUT2D eigenvalue weighted by Crippen LogP contribution is 2.23. The molecule has 1 aromatic heterocycles. The van der Waals surface area contributed by atoms with Crippen LogP contribution in [0.2, 0.25) is 0 Å². The molecule has 0 saturated carbocycles. The number of amides is 1. The van der Waals surface area contributed by atoms with Crippen molar-refractivity contribution in [2.45, 2.75) is 52.3 Å². The zero-order valence-corrected chi connectivity index (χ0v) is 18.7. The Hall–Kier alpha value is -3.28. The summed E-state index contributed by atoms with van der Waals surface area (Å²) in [4.78, 5) is 12.7. The number of rotatable bonds is 10. The number of ether oxygens (including phenoxy) is 2. The molecule has 0 spiro atoms. The van der Waals surface area contributed by atoms with Gasteiger partial charge in [-0.1, -0.05) is 45.0 Å². The van der Waals surface area contributed by atoms with Crippen LogP contribution in [0.1, 0.15) is 67.2 Å². The van der Waals surface area contributed by atoms with E-state index >= 15 is 0 Å². The minimum absolute atomic E-state index is 0.0563. The molecule has 0 aliphatic carbocycles. The van der Waals surface area contributed by atoms with Crippen molar-refractivity contribution in [3.63, 3.8) is 0 Å². The Labute approximate surface area is 184 Å². The van der Waals surface area contributed by atoms with E-state index in [1.165, 1.54) is 5.56 Å². The average Bonchev–Trinajstić information content (AvgIpc) is 3.30. The van der Waals surface area contributed by atoms with Gasteiger partial charge in [0.25, 0.3) is 5.91 Å². The molecule has 0 aliphatic heterocycles. The molecule has 3 aromatic rings. The molecule has 1 amide bonds. The molecule has 0 saturated heterocycles. The van der Waals surface area contributed by atoms with E-state index in [0.29, 0.717) is 17.4 Å². The Morgan fingerprint density at radius 1 is 0.968 bits per heavy atom. The summed E-state index contributed by atoms with van der Waals surface area (Å²) in [5.74, 6) is 1.81. The van der Waals surface area contributed by atoms with E-state index in [1.807, 2.05) is 24.3 Å². The number of aromatic nitrogens is 2. The lowest BCUT2D eigenvalue weighted by atomic mass is 9.95. The number of nitrogens with one attached hydrogen (secondary N) is 1. The van der Waals surface area contributed by atoms with Crippen molar-refractivity contribution in [2.75, 3.05) is 7.11 Å². The van der Waals surface area contributed by atoms with Crippen LogP contribution in [-0.4, -0.2) is 22.8 Å². The maximum Gasteiger partial charge on any atom is 0.272 e. The summed E-state index contributed by atoms with van der Waals surface area (Å²) < 4.78 is 12.4. The van der Waals surface area contributed by atoms with Crippen molar-refractivity contribution in [1.82, 2.24) is 15.1 Å². The molecule has 2 atom stereocenters. The highest BCUT2D eigenvalue weighted by Gasteiger charge is 2.16. The molecule has 2 unspecified atom stereocenters. The van der Waals surface area contributed by atoms with Crippen LogP contribution in [0, 0.1) is 0 Å². The fourth-order valence-electron chi connectivity index (χ4n) is 3.31. The molecule has 6 nitrogen and oxygen atoms in total. The first kappa shape index (κ1) is 22.4. The van der Waals surface area contributed by atoms with E-state index in [2.05, 4.69) is 55.5 Å². The molecule has 0 bridgehead atoms. The lowest BCUT2D eigenvalue weighted by Crippen LogP contribution is -2.28. The summed E-state index contributed by atoms with van der Waals surface area (Å²) in [5, 5.41) is 7.44. The quantitative estimate of drug-likeness (QED) is 0.481. The SMILES string of the molecule is CCC(C)c1ccc(C(CC)NC(=O)c2ccn(COc3ccc(OC)cc3)n2)cc1. The summed E-state index contributed by atoms with van der Waals surface area (Å²) in [6.07, 6.45) is 3.65. The van der Waals surface area contributed by atoms with Crippen LogP contribution in [0.4, 0.5) is 0 Å². The van der Waals surface area contributed by atoms with Gasteiger partial charge in [0.05, 0.1) is 13.2 Å². The van der Waals surface area contributed by atoms with E-state index in [-0.39, 0.29) is 18.7 Å². The van der Waals surface area contributed by atoms with Crippen LogP contribution in [-0.2, 0) is 6.73 Å². The van der Waals surface area contributed by atoms with Crippen molar-refractivity contribution in [3.05, 3.63) is 77.6 Å². The minimum Gasteiger partial charge on any atom is -0.497 e. The third kappa shape index (κ3) is 5.87. The average molecular weight is 422 g/mol. The first-order chi connectivity index (χ1) is 15.0. The van der Waals surface area contributed by atoms with Gasteiger partial charge >= 0.3 is 0 Å². The molecule has 1 N–H and O–H groups in total.